The van der Waals surface area contributed by atoms with Crippen molar-refractivity contribution < 1.29 is 33.3 Å². The van der Waals surface area contributed by atoms with Gasteiger partial charge in [0.15, 0.2) is 11.5 Å². The van der Waals surface area contributed by atoms with E-state index in [1.54, 1.807) is 30.3 Å². The minimum Gasteiger partial charge on any atom is -0.507 e. The Hall–Kier alpha value is -3.91. The topological polar surface area (TPSA) is 98.4 Å². The minimum absolute atomic E-state index is 0.130. The van der Waals surface area contributed by atoms with Gasteiger partial charge < -0.3 is 23.7 Å². The standard InChI is InChI=1S/C24H20ClNO7/c1-30-16-9-7-14(12-19(16)32-3)26-21(17-5-4-10-33-17)20(23(28)24(26)29)22(27)13-6-8-15(25)18(11-13)31-2/h4-12,21,27H,1-3H3/b22-20-. The maximum Gasteiger partial charge on any atom is 0.300 e. The largest absolute Gasteiger partial charge is 0.507 e. The molecule has 1 amide bonds. The molecule has 1 unspecified atom stereocenters. The molecule has 1 aromatic heterocycles. The van der Waals surface area contributed by atoms with Gasteiger partial charge >= 0.3 is 0 Å². The predicted octanol–water partition coefficient (Wildman–Crippen LogP) is 4.59. The summed E-state index contributed by atoms with van der Waals surface area (Å²) in [6.45, 7) is 0. The van der Waals surface area contributed by atoms with Gasteiger partial charge in [0.05, 0.1) is 38.2 Å². The number of aliphatic hydroxyl groups is 1. The average Bonchev–Trinajstić information content (AvgIpc) is 3.45. The zero-order chi connectivity index (χ0) is 23.7. The molecule has 1 atom stereocenters. The average molecular weight is 470 g/mol. The SMILES string of the molecule is COc1cc(/C(O)=C2/C(=O)C(=O)N(c3ccc(OC)c(OC)c3)C2c2ccco2)ccc1Cl. The van der Waals surface area contributed by atoms with E-state index in [1.807, 2.05) is 0 Å². The number of halogens is 1. The van der Waals surface area contributed by atoms with E-state index in [2.05, 4.69) is 0 Å². The number of carbonyl (C=O) groups is 2. The fraction of sp³-hybridized carbons (Fsp3) is 0.167. The molecule has 1 saturated heterocycles. The highest BCUT2D eigenvalue weighted by Gasteiger charge is 2.48. The number of nitrogens with zero attached hydrogens (tertiary/aromatic N) is 1. The molecule has 1 aliphatic rings. The van der Waals surface area contributed by atoms with Crippen molar-refractivity contribution in [1.82, 2.24) is 0 Å². The quantitative estimate of drug-likeness (QED) is 0.320. The van der Waals surface area contributed by atoms with Gasteiger partial charge in [-0.05, 0) is 42.5 Å². The number of amides is 1. The summed E-state index contributed by atoms with van der Waals surface area (Å²) in [6, 6.07) is 11.6. The molecule has 8 nitrogen and oxygen atoms in total. The Morgan fingerprint density at radius 2 is 1.70 bits per heavy atom. The molecule has 0 saturated carbocycles. The van der Waals surface area contributed by atoms with Crippen molar-refractivity contribution in [2.24, 2.45) is 0 Å². The van der Waals surface area contributed by atoms with Crippen LogP contribution in [-0.4, -0.2) is 38.1 Å². The predicted molar refractivity (Wildman–Crippen MR) is 121 cm³/mol. The number of ether oxygens (including phenoxy) is 3. The molecule has 1 fully saturated rings. The molecule has 0 radical (unpaired) electrons. The van der Waals surface area contributed by atoms with Crippen molar-refractivity contribution in [3.05, 3.63) is 76.7 Å². The van der Waals surface area contributed by atoms with E-state index in [1.165, 1.54) is 50.7 Å². The van der Waals surface area contributed by atoms with Crippen LogP contribution in [-0.2, 0) is 9.59 Å². The third kappa shape index (κ3) is 3.78. The van der Waals surface area contributed by atoms with E-state index < -0.39 is 17.7 Å². The maximum absolute atomic E-state index is 13.2. The fourth-order valence-corrected chi connectivity index (χ4v) is 3.95. The summed E-state index contributed by atoms with van der Waals surface area (Å²) < 4.78 is 21.4. The number of aliphatic hydroxyl groups excluding tert-OH is 1. The van der Waals surface area contributed by atoms with Crippen molar-refractivity contribution in [3.8, 4) is 17.2 Å². The Balaban J connectivity index is 1.91. The molecule has 33 heavy (non-hydrogen) atoms. The van der Waals surface area contributed by atoms with Gasteiger partial charge in [0.25, 0.3) is 11.7 Å². The molecule has 170 valence electrons. The molecule has 0 spiro atoms. The van der Waals surface area contributed by atoms with Gasteiger partial charge in [0, 0.05) is 17.3 Å². The smallest absolute Gasteiger partial charge is 0.300 e. The Labute approximate surface area is 194 Å². The Morgan fingerprint density at radius 1 is 0.970 bits per heavy atom. The van der Waals surface area contributed by atoms with Crippen molar-refractivity contribution in [3.63, 3.8) is 0 Å². The van der Waals surface area contributed by atoms with Crippen molar-refractivity contribution in [1.29, 1.82) is 0 Å². The summed E-state index contributed by atoms with van der Waals surface area (Å²) in [4.78, 5) is 27.6. The summed E-state index contributed by atoms with van der Waals surface area (Å²) >= 11 is 6.09. The van der Waals surface area contributed by atoms with Crippen molar-refractivity contribution >= 4 is 34.7 Å². The Kier molecular flexibility index (Phi) is 6.02. The molecule has 2 aromatic carbocycles. The lowest BCUT2D eigenvalue weighted by molar-refractivity contribution is -0.132. The van der Waals surface area contributed by atoms with Crippen LogP contribution < -0.4 is 19.1 Å². The van der Waals surface area contributed by atoms with Crippen LogP contribution in [0.5, 0.6) is 17.2 Å². The zero-order valence-electron chi connectivity index (χ0n) is 18.0. The van der Waals surface area contributed by atoms with Gasteiger partial charge in [-0.25, -0.2) is 0 Å². The lowest BCUT2D eigenvalue weighted by atomic mass is 9.99. The minimum atomic E-state index is -1.01. The normalized spacial score (nSPS) is 17.3. The van der Waals surface area contributed by atoms with Crippen LogP contribution in [0.1, 0.15) is 17.4 Å². The third-order valence-corrected chi connectivity index (χ3v) is 5.64. The van der Waals surface area contributed by atoms with Crippen LogP contribution in [0.25, 0.3) is 5.76 Å². The van der Waals surface area contributed by atoms with Crippen LogP contribution in [0.4, 0.5) is 5.69 Å². The molecule has 2 heterocycles. The van der Waals surface area contributed by atoms with Gasteiger partial charge in [-0.3, -0.25) is 14.5 Å². The van der Waals surface area contributed by atoms with Gasteiger partial charge in [-0.1, -0.05) is 11.6 Å². The maximum atomic E-state index is 13.2. The van der Waals surface area contributed by atoms with E-state index in [0.717, 1.165) is 0 Å². The molecule has 1 N–H and O–H groups in total. The van der Waals surface area contributed by atoms with Crippen LogP contribution in [0, 0.1) is 0 Å². The fourth-order valence-electron chi connectivity index (χ4n) is 3.75. The number of Topliss-reactive ketones (excluding diaryl/α,β-unsaturated/α-hetero) is 1. The van der Waals surface area contributed by atoms with Gasteiger partial charge in [-0.15, -0.1) is 0 Å². The van der Waals surface area contributed by atoms with Crippen LogP contribution in [0.2, 0.25) is 5.02 Å². The molecule has 0 bridgehead atoms. The van der Waals surface area contributed by atoms with Gasteiger partial charge in [0.1, 0.15) is 23.3 Å². The van der Waals surface area contributed by atoms with Gasteiger partial charge in [0.2, 0.25) is 0 Å². The Morgan fingerprint density at radius 3 is 2.33 bits per heavy atom. The first-order chi connectivity index (χ1) is 15.9. The van der Waals surface area contributed by atoms with E-state index in [4.69, 9.17) is 30.2 Å². The van der Waals surface area contributed by atoms with E-state index in [0.29, 0.717) is 33.7 Å². The number of benzene rings is 2. The summed E-state index contributed by atoms with van der Waals surface area (Å²) in [6.07, 6.45) is 1.43. The highest BCUT2D eigenvalue weighted by atomic mass is 35.5. The zero-order valence-corrected chi connectivity index (χ0v) is 18.8. The number of anilines is 1. The highest BCUT2D eigenvalue weighted by Crippen LogP contribution is 2.44. The number of furan rings is 1. The van der Waals surface area contributed by atoms with E-state index in [-0.39, 0.29) is 16.9 Å². The first-order valence-corrected chi connectivity index (χ1v) is 10.2. The number of rotatable bonds is 6. The number of methoxy groups -OCH3 is 3. The number of hydrogen-bond donors (Lipinski definition) is 1. The van der Waals surface area contributed by atoms with Crippen LogP contribution in [0.3, 0.4) is 0 Å². The lowest BCUT2D eigenvalue weighted by Crippen LogP contribution is -2.29. The summed E-state index contributed by atoms with van der Waals surface area (Å²) in [5.74, 6) is -0.634. The first kappa shape index (κ1) is 22.3. The molecule has 4 rings (SSSR count). The summed E-state index contributed by atoms with van der Waals surface area (Å²) in [7, 11) is 4.39. The highest BCUT2D eigenvalue weighted by molar-refractivity contribution is 6.51. The Bertz CT molecular complexity index is 1250. The van der Waals surface area contributed by atoms with Crippen molar-refractivity contribution in [2.45, 2.75) is 6.04 Å². The molecular formula is C24H20ClNO7. The molecule has 9 heteroatoms. The summed E-state index contributed by atoms with van der Waals surface area (Å²) in [5.41, 5.74) is 0.496. The van der Waals surface area contributed by atoms with Crippen LogP contribution >= 0.6 is 11.6 Å². The number of carbonyl (C=O) groups excluding carboxylic acids is 2. The van der Waals surface area contributed by atoms with Crippen LogP contribution in [0.15, 0.2) is 64.8 Å². The summed E-state index contributed by atoms with van der Waals surface area (Å²) in [5, 5.41) is 11.5. The van der Waals surface area contributed by atoms with E-state index in [9.17, 15) is 14.7 Å². The molecular weight excluding hydrogens is 450 g/mol. The monoisotopic (exact) mass is 469 g/mol. The second kappa shape index (κ2) is 8.91. The molecule has 0 aliphatic carbocycles. The number of hydrogen-bond acceptors (Lipinski definition) is 7. The second-order valence-corrected chi connectivity index (χ2v) is 7.48. The van der Waals surface area contributed by atoms with E-state index >= 15 is 0 Å². The molecule has 3 aromatic rings. The second-order valence-electron chi connectivity index (χ2n) is 7.07. The lowest BCUT2D eigenvalue weighted by Gasteiger charge is -2.24. The number of ketones is 1. The molecule has 1 aliphatic heterocycles. The van der Waals surface area contributed by atoms with Gasteiger partial charge in [-0.2, -0.15) is 0 Å². The third-order valence-electron chi connectivity index (χ3n) is 5.33. The first-order valence-electron chi connectivity index (χ1n) is 9.81. The van der Waals surface area contributed by atoms with Crippen molar-refractivity contribution in [2.75, 3.05) is 26.2 Å².